The van der Waals surface area contributed by atoms with Crippen LogP contribution >= 0.6 is 0 Å². The fourth-order valence-electron chi connectivity index (χ4n) is 1.56. The Bertz CT molecular complexity index is 421. The van der Waals surface area contributed by atoms with Gasteiger partial charge in [0.15, 0.2) is 0 Å². The van der Waals surface area contributed by atoms with Crippen LogP contribution in [0.1, 0.15) is 19.4 Å². The van der Waals surface area contributed by atoms with Crippen LogP contribution in [0.25, 0.3) is 0 Å². The van der Waals surface area contributed by atoms with E-state index in [4.69, 9.17) is 0 Å². The predicted octanol–water partition coefficient (Wildman–Crippen LogP) is 4.47. The van der Waals surface area contributed by atoms with Crippen molar-refractivity contribution in [3.05, 3.63) is 65.9 Å². The number of allylic oxidation sites excluding steroid dienone is 5. The van der Waals surface area contributed by atoms with E-state index < -0.39 is 0 Å². The lowest BCUT2D eigenvalue weighted by Gasteiger charge is -2.20. The molecule has 0 aliphatic rings. The van der Waals surface area contributed by atoms with Crippen LogP contribution in [0, 0.1) is 6.92 Å². The Balaban J connectivity index is 2.99. The molecule has 0 amide bonds. The average Bonchev–Trinajstić information content (AvgIpc) is 2.34. The number of anilines is 1. The third-order valence-corrected chi connectivity index (χ3v) is 2.61. The van der Waals surface area contributed by atoms with Crippen molar-refractivity contribution in [1.29, 1.82) is 0 Å². The third kappa shape index (κ3) is 3.95. The molecular weight excluding hydrogens is 206 g/mol. The van der Waals surface area contributed by atoms with Gasteiger partial charge in [0, 0.05) is 18.4 Å². The smallest absolute Gasteiger partial charge is 0.0408 e. The Morgan fingerprint density at radius 3 is 2.24 bits per heavy atom. The molecule has 0 fully saturated rings. The predicted molar refractivity (Wildman–Crippen MR) is 77.3 cm³/mol. The number of benzene rings is 1. The maximum atomic E-state index is 2.18. The summed E-state index contributed by atoms with van der Waals surface area (Å²) in [6, 6.07) is 8.55. The summed E-state index contributed by atoms with van der Waals surface area (Å²) in [6.07, 6.45) is 10.4. The van der Waals surface area contributed by atoms with Crippen molar-refractivity contribution < 1.29 is 0 Å². The number of aryl methyl sites for hydroxylation is 1. The van der Waals surface area contributed by atoms with Crippen molar-refractivity contribution in [3.8, 4) is 0 Å². The zero-order valence-electron chi connectivity index (χ0n) is 11.1. The molecule has 1 heteroatoms. The lowest BCUT2D eigenvalue weighted by molar-refractivity contribution is 1.13. The molecule has 0 bridgehead atoms. The molecule has 0 heterocycles. The maximum Gasteiger partial charge on any atom is 0.0408 e. The largest absolute Gasteiger partial charge is 0.345 e. The van der Waals surface area contributed by atoms with Crippen LogP contribution in [0.5, 0.6) is 0 Å². The van der Waals surface area contributed by atoms with Gasteiger partial charge in [0.1, 0.15) is 0 Å². The van der Waals surface area contributed by atoms with E-state index in [9.17, 15) is 0 Å². The zero-order valence-corrected chi connectivity index (χ0v) is 11.1. The summed E-state index contributed by atoms with van der Waals surface area (Å²) >= 11 is 0. The van der Waals surface area contributed by atoms with Gasteiger partial charge < -0.3 is 4.90 Å². The molecule has 0 aliphatic heterocycles. The van der Waals surface area contributed by atoms with Crippen LogP contribution in [0.2, 0.25) is 0 Å². The Morgan fingerprint density at radius 2 is 1.71 bits per heavy atom. The number of hydrogen-bond donors (Lipinski definition) is 0. The molecule has 1 aromatic rings. The van der Waals surface area contributed by atoms with Gasteiger partial charge >= 0.3 is 0 Å². The van der Waals surface area contributed by atoms with Gasteiger partial charge in [-0.25, -0.2) is 0 Å². The van der Waals surface area contributed by atoms with Crippen molar-refractivity contribution in [2.24, 2.45) is 0 Å². The molecule has 0 saturated heterocycles. The SMILES string of the molecule is C\C=C/C(=C\C=C\C)N(C)c1ccc(C)cc1. The molecule has 1 rings (SSSR count). The first-order valence-corrected chi connectivity index (χ1v) is 5.95. The van der Waals surface area contributed by atoms with E-state index in [0.29, 0.717) is 0 Å². The van der Waals surface area contributed by atoms with E-state index in [0.717, 1.165) is 0 Å². The first-order valence-electron chi connectivity index (χ1n) is 5.95. The van der Waals surface area contributed by atoms with Gasteiger partial charge in [-0.05, 0) is 45.1 Å². The van der Waals surface area contributed by atoms with Crippen LogP contribution in [-0.4, -0.2) is 7.05 Å². The normalized spacial score (nSPS) is 12.6. The molecule has 1 nitrogen and oxygen atoms in total. The second-order valence-corrected chi connectivity index (χ2v) is 4.01. The molecular formula is C16H21N. The Hall–Kier alpha value is -1.76. The van der Waals surface area contributed by atoms with Gasteiger partial charge in [-0.1, -0.05) is 35.9 Å². The highest BCUT2D eigenvalue weighted by Crippen LogP contribution is 2.18. The van der Waals surface area contributed by atoms with Gasteiger partial charge in [0.25, 0.3) is 0 Å². The summed E-state index contributed by atoms with van der Waals surface area (Å²) in [5, 5.41) is 0. The lowest BCUT2D eigenvalue weighted by Crippen LogP contribution is -2.14. The van der Waals surface area contributed by atoms with Crippen LogP contribution in [0.15, 0.2) is 60.3 Å². The molecule has 0 spiro atoms. The molecule has 0 aliphatic carbocycles. The highest BCUT2D eigenvalue weighted by Gasteiger charge is 2.02. The van der Waals surface area contributed by atoms with Gasteiger partial charge in [-0.3, -0.25) is 0 Å². The van der Waals surface area contributed by atoms with E-state index in [-0.39, 0.29) is 0 Å². The average molecular weight is 227 g/mol. The summed E-state index contributed by atoms with van der Waals surface area (Å²) < 4.78 is 0. The quantitative estimate of drug-likeness (QED) is 0.686. The standard InChI is InChI=1S/C16H21N/c1-5-7-9-15(8-6-2)17(4)16-12-10-14(3)11-13-16/h5-13H,1-4H3/b7-5+,8-6-,15-9+. The van der Waals surface area contributed by atoms with Crippen LogP contribution < -0.4 is 4.90 Å². The summed E-state index contributed by atoms with van der Waals surface area (Å²) in [7, 11) is 2.08. The lowest BCUT2D eigenvalue weighted by atomic mass is 10.2. The van der Waals surface area contributed by atoms with Crippen molar-refractivity contribution >= 4 is 5.69 Å². The minimum Gasteiger partial charge on any atom is -0.345 e. The van der Waals surface area contributed by atoms with E-state index in [1.165, 1.54) is 16.9 Å². The molecule has 90 valence electrons. The second kappa shape index (κ2) is 6.74. The summed E-state index contributed by atoms with van der Waals surface area (Å²) in [6.45, 7) is 6.16. The highest BCUT2D eigenvalue weighted by molar-refractivity contribution is 5.54. The minimum absolute atomic E-state index is 1.18. The van der Waals surface area contributed by atoms with E-state index in [1.54, 1.807) is 0 Å². The molecule has 0 N–H and O–H groups in total. The van der Waals surface area contributed by atoms with Crippen LogP contribution in [-0.2, 0) is 0 Å². The summed E-state index contributed by atoms with van der Waals surface area (Å²) in [4.78, 5) is 2.18. The fraction of sp³-hybridized carbons (Fsp3) is 0.250. The monoisotopic (exact) mass is 227 g/mol. The van der Waals surface area contributed by atoms with E-state index in [1.807, 2.05) is 19.9 Å². The Morgan fingerprint density at radius 1 is 1.06 bits per heavy atom. The van der Waals surface area contributed by atoms with Crippen molar-refractivity contribution in [1.82, 2.24) is 0 Å². The molecule has 17 heavy (non-hydrogen) atoms. The molecule has 1 aromatic carbocycles. The van der Waals surface area contributed by atoms with Gasteiger partial charge in [0.05, 0.1) is 0 Å². The van der Waals surface area contributed by atoms with Gasteiger partial charge in [0.2, 0.25) is 0 Å². The second-order valence-electron chi connectivity index (χ2n) is 4.01. The van der Waals surface area contributed by atoms with Crippen LogP contribution in [0.4, 0.5) is 5.69 Å². The van der Waals surface area contributed by atoms with Crippen molar-refractivity contribution in [3.63, 3.8) is 0 Å². The van der Waals surface area contributed by atoms with Gasteiger partial charge in [-0.2, -0.15) is 0 Å². The number of likely N-dealkylation sites (N-methyl/N-ethyl adjacent to an activating group) is 1. The Labute approximate surface area is 105 Å². The molecule has 0 radical (unpaired) electrons. The summed E-state index contributed by atoms with van der Waals surface area (Å²) in [5.41, 5.74) is 3.66. The zero-order chi connectivity index (χ0) is 12.7. The van der Waals surface area contributed by atoms with Crippen LogP contribution in [0.3, 0.4) is 0 Å². The third-order valence-electron chi connectivity index (χ3n) is 2.61. The molecule has 0 saturated carbocycles. The minimum atomic E-state index is 1.18. The molecule has 0 atom stereocenters. The highest BCUT2D eigenvalue weighted by atomic mass is 15.1. The summed E-state index contributed by atoms with van der Waals surface area (Å²) in [5.74, 6) is 0. The molecule has 0 unspecified atom stereocenters. The maximum absolute atomic E-state index is 2.18. The van der Waals surface area contributed by atoms with Gasteiger partial charge in [-0.15, -0.1) is 0 Å². The van der Waals surface area contributed by atoms with Crippen molar-refractivity contribution in [2.45, 2.75) is 20.8 Å². The fourth-order valence-corrected chi connectivity index (χ4v) is 1.56. The first-order chi connectivity index (χ1) is 8.19. The first kappa shape index (κ1) is 13.3. The van der Waals surface area contributed by atoms with Crippen molar-refractivity contribution in [2.75, 3.05) is 11.9 Å². The topological polar surface area (TPSA) is 3.24 Å². The number of hydrogen-bond acceptors (Lipinski definition) is 1. The number of nitrogens with zero attached hydrogens (tertiary/aromatic N) is 1. The number of rotatable bonds is 4. The Kier molecular flexibility index (Phi) is 5.28. The van der Waals surface area contributed by atoms with E-state index >= 15 is 0 Å². The van der Waals surface area contributed by atoms with E-state index in [2.05, 4.69) is 67.4 Å². The molecule has 0 aromatic heterocycles.